The molecule has 0 nitrogen and oxygen atoms in total. The summed E-state index contributed by atoms with van der Waals surface area (Å²) in [6.07, 6.45) is 0. The largest absolute Gasteiger partial charge is 0.208 e. The molecule has 0 bridgehead atoms. The molecule has 0 saturated carbocycles. The van der Waals surface area contributed by atoms with E-state index in [-0.39, 0.29) is 5.82 Å². The van der Waals surface area contributed by atoms with E-state index in [2.05, 4.69) is 0 Å². The lowest BCUT2D eigenvalue weighted by Crippen LogP contribution is -2.30. The number of hydrogen-bond donors (Lipinski definition) is 0. The van der Waals surface area contributed by atoms with Gasteiger partial charge in [0.15, 0.2) is 7.28 Å². The SMILES string of the molecule is [B]c1ccc([B]c2ccc(C)c(Cl)c2)c(F)c1. The minimum atomic E-state index is -0.332. The van der Waals surface area contributed by atoms with Gasteiger partial charge in [0.2, 0.25) is 0 Å². The maximum Gasteiger partial charge on any atom is 0.195 e. The molecule has 2 rings (SSSR count). The minimum Gasteiger partial charge on any atom is -0.208 e. The normalized spacial score (nSPS) is 10.3. The quantitative estimate of drug-likeness (QED) is 0.694. The molecule has 0 amide bonds. The molecule has 0 heterocycles. The van der Waals surface area contributed by atoms with Crippen molar-refractivity contribution < 1.29 is 4.39 Å². The molecule has 0 aliphatic rings. The minimum absolute atomic E-state index is 0.332. The van der Waals surface area contributed by atoms with Gasteiger partial charge in [-0.3, -0.25) is 0 Å². The monoisotopic (exact) mass is 241 g/mol. The zero-order valence-corrected chi connectivity index (χ0v) is 10.1. The fraction of sp³-hybridized carbons (Fsp3) is 0.0769. The molecular formula is C13H9B2ClF. The van der Waals surface area contributed by atoms with E-state index < -0.39 is 0 Å². The molecular weight excluding hydrogens is 232 g/mol. The molecule has 0 spiro atoms. The molecule has 0 aliphatic heterocycles. The Morgan fingerprint density at radius 2 is 1.94 bits per heavy atom. The highest BCUT2D eigenvalue weighted by atomic mass is 35.5. The van der Waals surface area contributed by atoms with Crippen LogP contribution >= 0.6 is 11.6 Å². The molecule has 0 saturated heterocycles. The summed E-state index contributed by atoms with van der Waals surface area (Å²) >= 11 is 6.01. The van der Waals surface area contributed by atoms with Crippen LogP contribution < -0.4 is 16.4 Å². The summed E-state index contributed by atoms with van der Waals surface area (Å²) in [5, 5.41) is 0.676. The second kappa shape index (κ2) is 4.97. The third kappa shape index (κ3) is 2.92. The van der Waals surface area contributed by atoms with Crippen LogP contribution in [-0.4, -0.2) is 15.1 Å². The van der Waals surface area contributed by atoms with Crippen LogP contribution in [0.3, 0.4) is 0 Å². The van der Waals surface area contributed by atoms with Crippen molar-refractivity contribution in [3.63, 3.8) is 0 Å². The molecule has 0 aliphatic carbocycles. The average Bonchev–Trinajstić information content (AvgIpc) is 2.27. The van der Waals surface area contributed by atoms with E-state index in [0.29, 0.717) is 15.9 Å². The first kappa shape index (κ1) is 12.3. The van der Waals surface area contributed by atoms with Gasteiger partial charge in [0.05, 0.1) is 0 Å². The first-order chi connectivity index (χ1) is 8.06. The van der Waals surface area contributed by atoms with Crippen molar-refractivity contribution in [2.45, 2.75) is 6.92 Å². The summed E-state index contributed by atoms with van der Waals surface area (Å²) in [6, 6.07) is 10.2. The average molecular weight is 241 g/mol. The van der Waals surface area contributed by atoms with E-state index >= 15 is 0 Å². The summed E-state index contributed by atoms with van der Waals surface area (Å²) in [7, 11) is 7.23. The van der Waals surface area contributed by atoms with Gasteiger partial charge in [-0.2, -0.15) is 0 Å². The topological polar surface area (TPSA) is 0 Å². The molecule has 0 atom stereocenters. The third-order valence-corrected chi connectivity index (χ3v) is 2.95. The molecule has 2 aromatic carbocycles. The smallest absolute Gasteiger partial charge is 0.195 e. The third-order valence-electron chi connectivity index (χ3n) is 2.54. The van der Waals surface area contributed by atoms with E-state index in [4.69, 9.17) is 19.4 Å². The maximum atomic E-state index is 13.6. The van der Waals surface area contributed by atoms with E-state index in [9.17, 15) is 4.39 Å². The summed E-state index contributed by atoms with van der Waals surface area (Å²) in [6.45, 7) is 1.93. The molecule has 0 aromatic heterocycles. The van der Waals surface area contributed by atoms with Crippen LogP contribution in [-0.2, 0) is 0 Å². The first-order valence-electron chi connectivity index (χ1n) is 5.22. The lowest BCUT2D eigenvalue weighted by Gasteiger charge is -2.05. The van der Waals surface area contributed by atoms with E-state index in [1.807, 2.05) is 25.1 Å². The number of hydrogen-bond acceptors (Lipinski definition) is 0. The fourth-order valence-corrected chi connectivity index (χ4v) is 1.73. The summed E-state index contributed by atoms with van der Waals surface area (Å²) < 4.78 is 13.6. The Morgan fingerprint density at radius 1 is 1.18 bits per heavy atom. The van der Waals surface area contributed by atoms with Crippen LogP contribution in [0, 0.1) is 12.7 Å². The van der Waals surface area contributed by atoms with Crippen LogP contribution in [0.2, 0.25) is 5.02 Å². The Hall–Kier alpha value is -1.21. The van der Waals surface area contributed by atoms with E-state index in [1.54, 1.807) is 19.4 Å². The molecule has 3 radical (unpaired) electrons. The van der Waals surface area contributed by atoms with E-state index in [1.165, 1.54) is 6.07 Å². The lowest BCUT2D eigenvalue weighted by molar-refractivity contribution is 0.637. The van der Waals surface area contributed by atoms with Gasteiger partial charge in [-0.05, 0) is 30.1 Å². The van der Waals surface area contributed by atoms with Gasteiger partial charge >= 0.3 is 0 Å². The van der Waals surface area contributed by atoms with Gasteiger partial charge in [-0.15, -0.1) is 0 Å². The zero-order valence-electron chi connectivity index (χ0n) is 9.37. The second-order valence-electron chi connectivity index (χ2n) is 3.93. The number of benzene rings is 2. The fourth-order valence-electron chi connectivity index (χ4n) is 1.54. The summed E-state index contributed by atoms with van der Waals surface area (Å²) in [5.41, 5.74) is 2.78. The van der Waals surface area contributed by atoms with Crippen molar-refractivity contribution in [2.75, 3.05) is 0 Å². The molecule has 17 heavy (non-hydrogen) atoms. The number of halogens is 2. The Kier molecular flexibility index (Phi) is 3.58. The van der Waals surface area contributed by atoms with Crippen molar-refractivity contribution >= 4 is 43.1 Å². The van der Waals surface area contributed by atoms with Crippen LogP contribution in [0.4, 0.5) is 4.39 Å². The second-order valence-corrected chi connectivity index (χ2v) is 4.34. The van der Waals surface area contributed by atoms with Gasteiger partial charge in [0.25, 0.3) is 0 Å². The molecule has 0 N–H and O–H groups in total. The van der Waals surface area contributed by atoms with Crippen molar-refractivity contribution in [3.8, 4) is 0 Å². The zero-order chi connectivity index (χ0) is 12.4. The Bertz CT molecular complexity index is 555. The van der Waals surface area contributed by atoms with Crippen molar-refractivity contribution in [3.05, 3.63) is 52.8 Å². The highest BCUT2D eigenvalue weighted by Crippen LogP contribution is 2.11. The van der Waals surface area contributed by atoms with Gasteiger partial charge in [-0.1, -0.05) is 46.8 Å². The predicted octanol–water partition coefficient (Wildman–Crippen LogP) is 1.24. The first-order valence-corrected chi connectivity index (χ1v) is 5.60. The molecule has 4 heteroatoms. The van der Waals surface area contributed by atoms with Crippen molar-refractivity contribution in [1.82, 2.24) is 0 Å². The molecule has 0 unspecified atom stereocenters. The van der Waals surface area contributed by atoms with Gasteiger partial charge in [0, 0.05) is 5.02 Å². The van der Waals surface area contributed by atoms with Gasteiger partial charge in [-0.25, -0.2) is 4.39 Å². The Balaban J connectivity index is 2.28. The van der Waals surface area contributed by atoms with Crippen LogP contribution in [0.15, 0.2) is 36.4 Å². The number of aryl methyl sites for hydroxylation is 1. The van der Waals surface area contributed by atoms with Crippen LogP contribution in [0.5, 0.6) is 0 Å². The van der Waals surface area contributed by atoms with Crippen LogP contribution in [0.1, 0.15) is 5.56 Å². The standard InChI is InChI=1S/C13H9B2ClF/c1-8-2-4-10(7-12(8)16)15-11-5-3-9(14)6-13(11)17/h2-7H,1H3. The number of rotatable bonds is 2. The van der Waals surface area contributed by atoms with Gasteiger partial charge < -0.3 is 0 Å². The Labute approximate surface area is 107 Å². The van der Waals surface area contributed by atoms with E-state index in [0.717, 1.165) is 11.0 Å². The molecule has 81 valence electrons. The maximum absolute atomic E-state index is 13.6. The summed E-state index contributed by atoms with van der Waals surface area (Å²) in [5.74, 6) is -0.332. The highest BCUT2D eigenvalue weighted by molar-refractivity contribution is 6.67. The van der Waals surface area contributed by atoms with Crippen molar-refractivity contribution in [1.29, 1.82) is 0 Å². The predicted molar refractivity (Wildman–Crippen MR) is 73.0 cm³/mol. The van der Waals surface area contributed by atoms with Crippen LogP contribution in [0.25, 0.3) is 0 Å². The summed E-state index contributed by atoms with van der Waals surface area (Å²) in [4.78, 5) is 0. The highest BCUT2D eigenvalue weighted by Gasteiger charge is 2.06. The van der Waals surface area contributed by atoms with Gasteiger partial charge in [0.1, 0.15) is 13.7 Å². The molecule has 2 aromatic rings. The lowest BCUT2D eigenvalue weighted by atomic mass is 9.63. The Morgan fingerprint density at radius 3 is 2.59 bits per heavy atom. The molecule has 0 fully saturated rings. The van der Waals surface area contributed by atoms with Crippen molar-refractivity contribution in [2.24, 2.45) is 0 Å².